The molecule has 1 unspecified atom stereocenters. The molecule has 2 aromatic carbocycles. The third-order valence-corrected chi connectivity index (χ3v) is 5.32. The maximum Gasteiger partial charge on any atom is 0.416 e. The molecule has 0 aliphatic rings. The zero-order chi connectivity index (χ0) is 23.5. The Bertz CT molecular complexity index is 1170. The molecule has 3 aromatic rings. The zero-order valence-corrected chi connectivity index (χ0v) is 18.3. The molecule has 0 saturated heterocycles. The lowest BCUT2D eigenvalue weighted by molar-refractivity contribution is -0.137. The van der Waals surface area contributed by atoms with Gasteiger partial charge in [0, 0.05) is 29.0 Å². The van der Waals surface area contributed by atoms with Crippen LogP contribution in [0.5, 0.6) is 0 Å². The van der Waals surface area contributed by atoms with Gasteiger partial charge in [-0.15, -0.1) is 0 Å². The minimum absolute atomic E-state index is 0.0131. The van der Waals surface area contributed by atoms with Gasteiger partial charge in [0.2, 0.25) is 5.96 Å². The van der Waals surface area contributed by atoms with E-state index in [-0.39, 0.29) is 33.8 Å². The summed E-state index contributed by atoms with van der Waals surface area (Å²) in [6.45, 7) is 0.0131. The number of aromatic nitrogens is 2. The van der Waals surface area contributed by atoms with Crippen molar-refractivity contribution in [1.82, 2.24) is 14.5 Å². The second kappa shape index (κ2) is 9.69. The number of nitrogens with two attached hydrogens (primary N) is 1. The molecule has 0 amide bonds. The summed E-state index contributed by atoms with van der Waals surface area (Å²) in [5.41, 5.74) is 5.43. The summed E-state index contributed by atoms with van der Waals surface area (Å²) in [6.07, 6.45) is 1.81. The number of imidazole rings is 1. The molecule has 0 aliphatic carbocycles. The van der Waals surface area contributed by atoms with Gasteiger partial charge in [0.1, 0.15) is 0 Å². The van der Waals surface area contributed by atoms with Crippen LogP contribution in [0.25, 0.3) is 0 Å². The number of hydrogen-bond donors (Lipinski definition) is 1. The highest BCUT2D eigenvalue weighted by Crippen LogP contribution is 2.36. The molecule has 6 nitrogen and oxygen atoms in total. The monoisotopic (exact) mass is 500 g/mol. The Kier molecular flexibility index (Phi) is 7.19. The van der Waals surface area contributed by atoms with Crippen LogP contribution in [-0.4, -0.2) is 20.4 Å². The molecule has 1 heterocycles. The van der Waals surface area contributed by atoms with Gasteiger partial charge in [-0.25, -0.2) is 14.9 Å². The van der Waals surface area contributed by atoms with E-state index in [1.165, 1.54) is 30.7 Å². The van der Waals surface area contributed by atoms with Crippen LogP contribution < -0.4 is 5.73 Å². The highest BCUT2D eigenvalue weighted by Gasteiger charge is 2.33. The van der Waals surface area contributed by atoms with Crippen LogP contribution in [0.2, 0.25) is 15.1 Å². The molecular weight excluding hydrogens is 488 g/mol. The molecule has 0 bridgehead atoms. The van der Waals surface area contributed by atoms with Crippen molar-refractivity contribution in [2.75, 3.05) is 0 Å². The molecule has 1 atom stereocenters. The molecule has 0 aliphatic heterocycles. The molecule has 0 spiro atoms. The van der Waals surface area contributed by atoms with E-state index in [2.05, 4.69) is 9.98 Å². The van der Waals surface area contributed by atoms with E-state index in [4.69, 9.17) is 40.5 Å². The second-order valence-electron chi connectivity index (χ2n) is 6.55. The molecule has 1 aromatic heterocycles. The minimum atomic E-state index is -4.60. The van der Waals surface area contributed by atoms with E-state index in [0.717, 1.165) is 23.1 Å². The SMILES string of the molecule is N#CN(C(N)=Nc1ccc(Cl)cc1Cl)C(Cn1ccnc1)c1cc(C(F)(F)F)ccc1Cl. The van der Waals surface area contributed by atoms with Crippen molar-refractivity contribution in [3.05, 3.63) is 81.3 Å². The molecule has 12 heteroatoms. The van der Waals surface area contributed by atoms with Gasteiger partial charge < -0.3 is 10.3 Å². The van der Waals surface area contributed by atoms with Gasteiger partial charge in [-0.3, -0.25) is 0 Å². The fraction of sp³-hybridized carbons (Fsp3) is 0.150. The molecule has 2 N–H and O–H groups in total. The van der Waals surface area contributed by atoms with Crippen molar-refractivity contribution in [1.29, 1.82) is 5.26 Å². The summed E-state index contributed by atoms with van der Waals surface area (Å²) in [4.78, 5) is 9.05. The Morgan fingerprint density at radius 3 is 2.53 bits per heavy atom. The van der Waals surface area contributed by atoms with Crippen LogP contribution in [0, 0.1) is 11.5 Å². The van der Waals surface area contributed by atoms with E-state index in [1.54, 1.807) is 10.8 Å². The molecule has 166 valence electrons. The van der Waals surface area contributed by atoms with E-state index >= 15 is 0 Å². The van der Waals surface area contributed by atoms with Crippen molar-refractivity contribution >= 4 is 46.4 Å². The number of halogens is 6. The molecule has 0 saturated carbocycles. The predicted molar refractivity (Wildman–Crippen MR) is 117 cm³/mol. The number of guanidine groups is 1. The van der Waals surface area contributed by atoms with Crippen molar-refractivity contribution < 1.29 is 13.2 Å². The van der Waals surface area contributed by atoms with E-state index < -0.39 is 17.8 Å². The highest BCUT2D eigenvalue weighted by molar-refractivity contribution is 6.36. The van der Waals surface area contributed by atoms with Gasteiger partial charge in [0.25, 0.3) is 0 Å². The van der Waals surface area contributed by atoms with Gasteiger partial charge in [0.15, 0.2) is 6.19 Å². The van der Waals surface area contributed by atoms with Gasteiger partial charge >= 0.3 is 6.18 Å². The molecule has 0 fully saturated rings. The average molecular weight is 502 g/mol. The van der Waals surface area contributed by atoms with Gasteiger partial charge in [0.05, 0.1) is 28.6 Å². The summed E-state index contributed by atoms with van der Waals surface area (Å²) in [6, 6.07) is 6.31. The number of hydrogen-bond acceptors (Lipinski definition) is 3. The van der Waals surface area contributed by atoms with Crippen LogP contribution >= 0.6 is 34.8 Å². The van der Waals surface area contributed by atoms with Crippen molar-refractivity contribution in [3.63, 3.8) is 0 Å². The summed E-state index contributed by atoms with van der Waals surface area (Å²) in [5, 5.41) is 10.4. The topological polar surface area (TPSA) is 83.2 Å². The average Bonchev–Trinajstić information content (AvgIpc) is 3.23. The summed E-state index contributed by atoms with van der Waals surface area (Å²) in [5.74, 6) is -0.296. The first-order valence-electron chi connectivity index (χ1n) is 8.90. The normalized spacial score (nSPS) is 13.0. The lowest BCUT2D eigenvalue weighted by Crippen LogP contribution is -2.38. The first-order valence-corrected chi connectivity index (χ1v) is 10.0. The fourth-order valence-electron chi connectivity index (χ4n) is 2.92. The van der Waals surface area contributed by atoms with Crippen molar-refractivity contribution in [2.24, 2.45) is 10.7 Å². The summed E-state index contributed by atoms with van der Waals surface area (Å²) >= 11 is 18.2. The predicted octanol–water partition coefficient (Wildman–Crippen LogP) is 6.03. The van der Waals surface area contributed by atoms with E-state index in [9.17, 15) is 18.4 Å². The maximum absolute atomic E-state index is 13.3. The fourth-order valence-corrected chi connectivity index (χ4v) is 3.61. The Morgan fingerprint density at radius 1 is 1.19 bits per heavy atom. The van der Waals surface area contributed by atoms with Gasteiger partial charge in [-0.05, 0) is 42.0 Å². The van der Waals surface area contributed by atoms with Crippen LogP contribution in [0.15, 0.2) is 60.1 Å². The van der Waals surface area contributed by atoms with Crippen LogP contribution in [0.3, 0.4) is 0 Å². The Balaban J connectivity index is 2.10. The molecule has 32 heavy (non-hydrogen) atoms. The summed E-state index contributed by atoms with van der Waals surface area (Å²) in [7, 11) is 0. The maximum atomic E-state index is 13.3. The Morgan fingerprint density at radius 2 is 1.94 bits per heavy atom. The third-order valence-electron chi connectivity index (χ3n) is 4.44. The number of benzene rings is 2. The quantitative estimate of drug-likeness (QED) is 0.200. The molecule has 0 radical (unpaired) electrons. The van der Waals surface area contributed by atoms with Crippen LogP contribution in [0.4, 0.5) is 18.9 Å². The van der Waals surface area contributed by atoms with Crippen molar-refractivity contribution in [3.8, 4) is 6.19 Å². The molecule has 3 rings (SSSR count). The van der Waals surface area contributed by atoms with Crippen molar-refractivity contribution in [2.45, 2.75) is 18.8 Å². The molecular formula is C20H14Cl3F3N6. The van der Waals surface area contributed by atoms with Crippen LogP contribution in [0.1, 0.15) is 17.2 Å². The Labute approximate surface area is 196 Å². The Hall–Kier alpha value is -2.93. The number of aliphatic imine (C=N–C) groups is 1. The number of rotatable bonds is 5. The first-order chi connectivity index (χ1) is 15.1. The van der Waals surface area contributed by atoms with Gasteiger partial charge in [-0.2, -0.15) is 18.4 Å². The lowest BCUT2D eigenvalue weighted by atomic mass is 10.0. The van der Waals surface area contributed by atoms with E-state index in [0.29, 0.717) is 5.02 Å². The number of nitriles is 1. The standard InChI is InChI=1S/C20H14Cl3F3N6/c21-13-2-4-17(16(23)8-13)30-19(28)32(10-27)18(9-31-6-5-29-11-31)14-7-12(20(24,25)26)1-3-15(14)22/h1-8,11,18H,9H2,(H2,28,30). The largest absolute Gasteiger partial charge is 0.416 e. The third kappa shape index (κ3) is 5.46. The van der Waals surface area contributed by atoms with E-state index in [1.807, 2.05) is 6.19 Å². The lowest BCUT2D eigenvalue weighted by Gasteiger charge is -2.28. The van der Waals surface area contributed by atoms with Crippen LogP contribution in [-0.2, 0) is 12.7 Å². The first kappa shape index (κ1) is 23.7. The zero-order valence-electron chi connectivity index (χ0n) is 16.1. The van der Waals surface area contributed by atoms with Gasteiger partial charge in [-0.1, -0.05) is 34.8 Å². The summed E-state index contributed by atoms with van der Waals surface area (Å²) < 4.78 is 41.6. The second-order valence-corrected chi connectivity index (χ2v) is 7.80. The minimum Gasteiger partial charge on any atom is -0.369 e. The number of alkyl halides is 3. The number of nitrogens with zero attached hydrogens (tertiary/aromatic N) is 5. The smallest absolute Gasteiger partial charge is 0.369 e. The highest BCUT2D eigenvalue weighted by atomic mass is 35.5.